The van der Waals surface area contributed by atoms with E-state index in [2.05, 4.69) is 77.0 Å². The fourth-order valence-electron chi connectivity index (χ4n) is 4.14. The molecular formula is C28H27Br2NO2. The molecule has 0 saturated heterocycles. The SMILES string of the molecule is Cc1c(Br)cc(Br)c2c1C(=Cc1cc(C(C)C)c(Oc3ccccc3)c(C(C)C)c1)C(=O)N2. The van der Waals surface area contributed by atoms with Crippen molar-refractivity contribution >= 4 is 55.1 Å². The van der Waals surface area contributed by atoms with Gasteiger partial charge in [0.1, 0.15) is 11.5 Å². The minimum Gasteiger partial charge on any atom is -0.457 e. The van der Waals surface area contributed by atoms with Crippen LogP contribution in [0.1, 0.15) is 67.3 Å². The van der Waals surface area contributed by atoms with Crippen LogP contribution in [0.5, 0.6) is 11.5 Å². The normalized spacial score (nSPS) is 14.2. The third kappa shape index (κ3) is 4.67. The third-order valence-corrected chi connectivity index (χ3v) is 7.36. The van der Waals surface area contributed by atoms with Crippen LogP contribution in [0.3, 0.4) is 0 Å². The van der Waals surface area contributed by atoms with E-state index in [9.17, 15) is 4.79 Å². The first-order valence-electron chi connectivity index (χ1n) is 11.1. The Morgan fingerprint density at radius 3 is 2.09 bits per heavy atom. The Balaban J connectivity index is 1.89. The number of carbonyl (C=O) groups excluding carboxylic acids is 1. The highest BCUT2D eigenvalue weighted by Crippen LogP contribution is 2.44. The second-order valence-electron chi connectivity index (χ2n) is 8.98. The Bertz CT molecular complexity index is 1230. The molecule has 0 spiro atoms. The molecule has 1 amide bonds. The second-order valence-corrected chi connectivity index (χ2v) is 10.7. The summed E-state index contributed by atoms with van der Waals surface area (Å²) in [6.45, 7) is 10.7. The predicted octanol–water partition coefficient (Wildman–Crippen LogP) is 9.05. The lowest BCUT2D eigenvalue weighted by atomic mass is 9.90. The van der Waals surface area contributed by atoms with E-state index in [1.54, 1.807) is 0 Å². The molecule has 1 N–H and O–H groups in total. The lowest BCUT2D eigenvalue weighted by molar-refractivity contribution is -0.110. The molecule has 1 aliphatic heterocycles. The molecule has 0 saturated carbocycles. The van der Waals surface area contributed by atoms with Gasteiger partial charge in [0.05, 0.1) is 5.69 Å². The molecule has 1 aliphatic rings. The molecule has 3 aromatic carbocycles. The number of amides is 1. The standard InChI is InChI=1S/C28H27Br2NO2/c1-15(2)20-11-18(12-21(16(3)4)27(20)33-19-9-7-6-8-10-19)13-22-25-17(5)23(29)14-24(30)26(25)31-28(22)32/h6-16H,1-5H3,(H,31,32). The Morgan fingerprint density at radius 1 is 0.909 bits per heavy atom. The number of para-hydroxylation sites is 1. The molecule has 0 atom stereocenters. The van der Waals surface area contributed by atoms with Crippen molar-refractivity contribution in [3.8, 4) is 11.5 Å². The monoisotopic (exact) mass is 567 g/mol. The van der Waals surface area contributed by atoms with Gasteiger partial charge in [0.25, 0.3) is 5.91 Å². The summed E-state index contributed by atoms with van der Waals surface area (Å²) in [7, 11) is 0. The fourth-order valence-corrected chi connectivity index (χ4v) is 5.40. The van der Waals surface area contributed by atoms with E-state index in [1.807, 2.05) is 49.4 Å². The van der Waals surface area contributed by atoms with Crippen LogP contribution in [0, 0.1) is 6.92 Å². The Kier molecular flexibility index (Phi) is 6.83. The number of hydrogen-bond donors (Lipinski definition) is 1. The maximum absolute atomic E-state index is 13.0. The summed E-state index contributed by atoms with van der Waals surface area (Å²) in [5.41, 5.74) is 6.72. The zero-order valence-electron chi connectivity index (χ0n) is 19.4. The van der Waals surface area contributed by atoms with Crippen LogP contribution in [-0.4, -0.2) is 5.91 Å². The smallest absolute Gasteiger partial charge is 0.256 e. The lowest BCUT2D eigenvalue weighted by Gasteiger charge is -2.21. The van der Waals surface area contributed by atoms with Crippen LogP contribution >= 0.6 is 31.9 Å². The van der Waals surface area contributed by atoms with Crippen molar-refractivity contribution in [2.45, 2.75) is 46.5 Å². The topological polar surface area (TPSA) is 38.3 Å². The summed E-state index contributed by atoms with van der Waals surface area (Å²) in [5, 5.41) is 3.02. The first kappa shape index (κ1) is 23.8. The van der Waals surface area contributed by atoms with Gasteiger partial charge < -0.3 is 10.1 Å². The van der Waals surface area contributed by atoms with Crippen molar-refractivity contribution < 1.29 is 9.53 Å². The largest absolute Gasteiger partial charge is 0.457 e. The number of rotatable bonds is 5. The van der Waals surface area contributed by atoms with Gasteiger partial charge in [0.2, 0.25) is 0 Å². The number of ether oxygens (including phenoxy) is 1. The van der Waals surface area contributed by atoms with Gasteiger partial charge in [0, 0.05) is 20.1 Å². The maximum atomic E-state index is 13.0. The van der Waals surface area contributed by atoms with E-state index in [0.29, 0.717) is 5.57 Å². The number of anilines is 1. The average Bonchev–Trinajstić information content (AvgIpc) is 3.10. The summed E-state index contributed by atoms with van der Waals surface area (Å²) >= 11 is 7.21. The molecular weight excluding hydrogens is 542 g/mol. The molecule has 0 radical (unpaired) electrons. The number of benzene rings is 3. The average molecular weight is 569 g/mol. The summed E-state index contributed by atoms with van der Waals surface area (Å²) in [5.74, 6) is 2.16. The Morgan fingerprint density at radius 2 is 1.52 bits per heavy atom. The quantitative estimate of drug-likeness (QED) is 0.312. The van der Waals surface area contributed by atoms with E-state index in [4.69, 9.17) is 4.74 Å². The molecule has 0 unspecified atom stereocenters. The van der Waals surface area contributed by atoms with Crippen molar-refractivity contribution in [2.24, 2.45) is 0 Å². The van der Waals surface area contributed by atoms with Gasteiger partial charge >= 0.3 is 0 Å². The number of nitrogens with one attached hydrogen (secondary N) is 1. The molecule has 4 rings (SSSR count). The maximum Gasteiger partial charge on any atom is 0.256 e. The van der Waals surface area contributed by atoms with Crippen molar-refractivity contribution in [3.63, 3.8) is 0 Å². The summed E-state index contributed by atoms with van der Waals surface area (Å²) < 4.78 is 8.23. The molecule has 5 heteroatoms. The van der Waals surface area contributed by atoms with E-state index < -0.39 is 0 Å². The molecule has 33 heavy (non-hydrogen) atoms. The van der Waals surface area contributed by atoms with E-state index in [-0.39, 0.29) is 17.7 Å². The molecule has 3 nitrogen and oxygen atoms in total. The highest BCUT2D eigenvalue weighted by atomic mass is 79.9. The number of fused-ring (bicyclic) bond motifs is 1. The first-order chi connectivity index (χ1) is 15.7. The molecule has 0 bridgehead atoms. The summed E-state index contributed by atoms with van der Waals surface area (Å²) in [6.07, 6.45) is 2.00. The van der Waals surface area contributed by atoms with E-state index in [1.165, 1.54) is 0 Å². The van der Waals surface area contributed by atoms with Crippen molar-refractivity contribution in [2.75, 3.05) is 5.32 Å². The minimum atomic E-state index is -0.0892. The number of halogens is 2. The van der Waals surface area contributed by atoms with E-state index in [0.717, 1.165) is 53.9 Å². The highest BCUT2D eigenvalue weighted by Gasteiger charge is 2.29. The molecule has 170 valence electrons. The molecule has 0 aliphatic carbocycles. The lowest BCUT2D eigenvalue weighted by Crippen LogP contribution is -2.05. The zero-order chi connectivity index (χ0) is 23.9. The van der Waals surface area contributed by atoms with Gasteiger partial charge in [0.15, 0.2) is 0 Å². The molecule has 3 aromatic rings. The second kappa shape index (κ2) is 9.47. The van der Waals surface area contributed by atoms with Gasteiger partial charge in [-0.15, -0.1) is 0 Å². The number of hydrogen-bond acceptors (Lipinski definition) is 2. The van der Waals surface area contributed by atoms with Gasteiger partial charge in [-0.05, 0) is 93.4 Å². The molecule has 0 aromatic heterocycles. The van der Waals surface area contributed by atoms with Crippen LogP contribution in [0.25, 0.3) is 11.6 Å². The zero-order valence-corrected chi connectivity index (χ0v) is 22.6. The molecule has 1 heterocycles. The summed E-state index contributed by atoms with van der Waals surface area (Å²) in [4.78, 5) is 13.0. The van der Waals surface area contributed by atoms with Gasteiger partial charge in [-0.25, -0.2) is 0 Å². The Labute approximate surface area is 212 Å². The van der Waals surface area contributed by atoms with Gasteiger partial charge in [-0.2, -0.15) is 0 Å². The van der Waals surface area contributed by atoms with E-state index >= 15 is 0 Å². The Hall–Kier alpha value is -2.37. The summed E-state index contributed by atoms with van der Waals surface area (Å²) in [6, 6.07) is 16.2. The van der Waals surface area contributed by atoms with Crippen LogP contribution in [0.4, 0.5) is 5.69 Å². The predicted molar refractivity (Wildman–Crippen MR) is 144 cm³/mol. The minimum absolute atomic E-state index is 0.0892. The van der Waals surface area contributed by atoms with Crippen LogP contribution in [-0.2, 0) is 4.79 Å². The van der Waals surface area contributed by atoms with Crippen molar-refractivity contribution in [3.05, 3.63) is 85.3 Å². The third-order valence-electron chi connectivity index (χ3n) is 5.91. The van der Waals surface area contributed by atoms with Crippen molar-refractivity contribution in [1.29, 1.82) is 0 Å². The van der Waals surface area contributed by atoms with Gasteiger partial charge in [-0.1, -0.05) is 61.8 Å². The van der Waals surface area contributed by atoms with Crippen LogP contribution < -0.4 is 10.1 Å². The molecule has 0 fully saturated rings. The van der Waals surface area contributed by atoms with Crippen LogP contribution in [0.2, 0.25) is 0 Å². The highest BCUT2D eigenvalue weighted by molar-refractivity contribution is 9.11. The van der Waals surface area contributed by atoms with Crippen molar-refractivity contribution in [1.82, 2.24) is 0 Å². The fraction of sp³-hybridized carbons (Fsp3) is 0.250. The van der Waals surface area contributed by atoms with Gasteiger partial charge in [-0.3, -0.25) is 4.79 Å². The number of carbonyl (C=O) groups is 1. The first-order valence-corrected chi connectivity index (χ1v) is 12.7. The van der Waals surface area contributed by atoms with Crippen LogP contribution in [0.15, 0.2) is 57.5 Å².